The molecule has 2 bridgehead atoms. The topological polar surface area (TPSA) is 40.5 Å². The molecule has 0 aromatic heterocycles. The molecule has 0 aromatic rings. The summed E-state index contributed by atoms with van der Waals surface area (Å²) in [7, 11) is 0. The van der Waals surface area contributed by atoms with Gasteiger partial charge in [0.2, 0.25) is 0 Å². The molecule has 3 fully saturated rings. The van der Waals surface area contributed by atoms with Gasteiger partial charge in [-0.1, -0.05) is 0 Å². The molecule has 0 spiro atoms. The number of hydrogen-bond acceptors (Lipinski definition) is 2. The van der Waals surface area contributed by atoms with Crippen molar-refractivity contribution in [1.82, 2.24) is 0 Å². The van der Waals surface area contributed by atoms with Crippen LogP contribution in [0, 0.1) is 0 Å². The summed E-state index contributed by atoms with van der Waals surface area (Å²) in [5.74, 6) is -9.07. The molecular formula is C8H10F4O2. The molecule has 0 amide bonds. The number of fused-ring (bicyclic) bond motifs is 3. The van der Waals surface area contributed by atoms with E-state index in [1.54, 1.807) is 0 Å². The highest BCUT2D eigenvalue weighted by Crippen LogP contribution is 2.62. The van der Waals surface area contributed by atoms with Crippen LogP contribution in [0.3, 0.4) is 0 Å². The first-order valence-corrected chi connectivity index (χ1v) is 4.37. The molecule has 6 heteroatoms. The molecule has 0 unspecified atom stereocenters. The number of aliphatic hydroxyl groups is 2. The van der Waals surface area contributed by atoms with Crippen molar-refractivity contribution in [1.29, 1.82) is 0 Å². The molecule has 2 nitrogen and oxygen atoms in total. The maximum Gasteiger partial charge on any atom is 0.341 e. The van der Waals surface area contributed by atoms with Gasteiger partial charge < -0.3 is 10.2 Å². The van der Waals surface area contributed by atoms with Gasteiger partial charge in [0.05, 0.1) is 0 Å². The average molecular weight is 214 g/mol. The van der Waals surface area contributed by atoms with E-state index in [1.165, 1.54) is 0 Å². The van der Waals surface area contributed by atoms with E-state index in [2.05, 4.69) is 0 Å². The molecule has 0 atom stereocenters. The molecule has 0 radical (unpaired) electrons. The average Bonchev–Trinajstić information content (AvgIpc) is 2.07. The van der Waals surface area contributed by atoms with Crippen LogP contribution in [0.2, 0.25) is 0 Å². The predicted molar refractivity (Wildman–Crippen MR) is 38.3 cm³/mol. The van der Waals surface area contributed by atoms with Crippen molar-refractivity contribution in [3.8, 4) is 0 Å². The number of rotatable bonds is 0. The van der Waals surface area contributed by atoms with E-state index in [9.17, 15) is 27.8 Å². The minimum atomic E-state index is -4.54. The third-order valence-corrected chi connectivity index (χ3v) is 3.47. The summed E-state index contributed by atoms with van der Waals surface area (Å²) in [6, 6.07) is 0. The van der Waals surface area contributed by atoms with Gasteiger partial charge in [-0.3, -0.25) is 0 Å². The van der Waals surface area contributed by atoms with Crippen LogP contribution in [0.15, 0.2) is 0 Å². The van der Waals surface area contributed by atoms with Crippen molar-refractivity contribution in [2.45, 2.75) is 48.7 Å². The van der Waals surface area contributed by atoms with Gasteiger partial charge in [-0.2, -0.15) is 17.6 Å². The van der Waals surface area contributed by atoms with Crippen LogP contribution >= 0.6 is 0 Å². The van der Waals surface area contributed by atoms with Crippen molar-refractivity contribution in [3.05, 3.63) is 0 Å². The second-order valence-corrected chi connectivity index (χ2v) is 4.21. The SMILES string of the molecule is OC12CCC(O)(CC1)C(F)(F)C2(F)F. The Morgan fingerprint density at radius 3 is 1.07 bits per heavy atom. The highest BCUT2D eigenvalue weighted by Gasteiger charge is 2.81. The van der Waals surface area contributed by atoms with E-state index in [1.807, 2.05) is 0 Å². The summed E-state index contributed by atoms with van der Waals surface area (Å²) in [6.45, 7) is 0. The molecule has 0 saturated heterocycles. The van der Waals surface area contributed by atoms with Gasteiger partial charge in [-0.25, -0.2) is 0 Å². The molecule has 3 saturated carbocycles. The summed E-state index contributed by atoms with van der Waals surface area (Å²) < 4.78 is 52.6. The summed E-state index contributed by atoms with van der Waals surface area (Å²) in [4.78, 5) is 0. The summed E-state index contributed by atoms with van der Waals surface area (Å²) in [5.41, 5.74) is -5.30. The Bertz CT molecular complexity index is 241. The zero-order valence-electron chi connectivity index (χ0n) is 7.23. The fourth-order valence-electron chi connectivity index (χ4n) is 2.29. The van der Waals surface area contributed by atoms with Crippen LogP contribution in [0.4, 0.5) is 17.6 Å². The normalized spacial score (nSPS) is 49.3. The van der Waals surface area contributed by atoms with Crippen molar-refractivity contribution in [3.63, 3.8) is 0 Å². The second-order valence-electron chi connectivity index (χ2n) is 4.21. The first kappa shape index (κ1) is 10.2. The molecule has 0 aromatic carbocycles. The highest BCUT2D eigenvalue weighted by molar-refractivity contribution is 5.19. The third kappa shape index (κ3) is 0.798. The van der Waals surface area contributed by atoms with Crippen LogP contribution in [0.1, 0.15) is 25.7 Å². The lowest BCUT2D eigenvalue weighted by Gasteiger charge is -2.56. The first-order valence-electron chi connectivity index (χ1n) is 4.37. The third-order valence-electron chi connectivity index (χ3n) is 3.47. The Balaban J connectivity index is 2.52. The van der Waals surface area contributed by atoms with E-state index < -0.39 is 48.7 Å². The molecule has 82 valence electrons. The maximum absolute atomic E-state index is 13.1. The first-order chi connectivity index (χ1) is 6.16. The Kier molecular flexibility index (Phi) is 1.63. The largest absolute Gasteiger partial charge is 0.383 e. The second kappa shape index (κ2) is 2.24. The highest BCUT2D eigenvalue weighted by atomic mass is 19.3. The fourth-order valence-corrected chi connectivity index (χ4v) is 2.29. The molecular weight excluding hydrogens is 204 g/mol. The summed E-state index contributed by atoms with van der Waals surface area (Å²) >= 11 is 0. The minimum absolute atomic E-state index is 0.480. The molecule has 3 rings (SSSR count). The summed E-state index contributed by atoms with van der Waals surface area (Å²) in [5, 5.41) is 18.7. The Hall–Kier alpha value is -0.360. The molecule has 14 heavy (non-hydrogen) atoms. The van der Waals surface area contributed by atoms with Crippen LogP contribution < -0.4 is 0 Å². The Labute approximate surface area is 77.5 Å². The molecule has 3 aliphatic rings. The van der Waals surface area contributed by atoms with Crippen LogP contribution in [-0.2, 0) is 0 Å². The Morgan fingerprint density at radius 1 is 0.643 bits per heavy atom. The van der Waals surface area contributed by atoms with Gasteiger partial charge in [0, 0.05) is 0 Å². The zero-order valence-corrected chi connectivity index (χ0v) is 7.23. The van der Waals surface area contributed by atoms with E-state index >= 15 is 0 Å². The van der Waals surface area contributed by atoms with Crippen LogP contribution in [-0.4, -0.2) is 33.3 Å². The zero-order chi connectivity index (χ0) is 10.8. The quantitative estimate of drug-likeness (QED) is 0.597. The van der Waals surface area contributed by atoms with E-state index in [-0.39, 0.29) is 0 Å². The van der Waals surface area contributed by atoms with Gasteiger partial charge in [-0.15, -0.1) is 0 Å². The van der Waals surface area contributed by atoms with Crippen molar-refractivity contribution in [2.24, 2.45) is 0 Å². The van der Waals surface area contributed by atoms with E-state index in [0.29, 0.717) is 0 Å². The fraction of sp³-hybridized carbons (Fsp3) is 1.00. The number of halogens is 4. The standard InChI is InChI=1S/C8H10F4O2/c9-7(10)5(13)1-2-6(14,4-3-5)8(7,11)12/h13-14H,1-4H2. The lowest BCUT2D eigenvalue weighted by Crippen LogP contribution is -2.75. The Morgan fingerprint density at radius 2 is 0.857 bits per heavy atom. The van der Waals surface area contributed by atoms with Crippen molar-refractivity contribution in [2.75, 3.05) is 0 Å². The van der Waals surface area contributed by atoms with E-state index in [4.69, 9.17) is 0 Å². The van der Waals surface area contributed by atoms with Gasteiger partial charge in [0.25, 0.3) is 0 Å². The minimum Gasteiger partial charge on any atom is -0.383 e. The van der Waals surface area contributed by atoms with Crippen LogP contribution in [0.25, 0.3) is 0 Å². The summed E-state index contributed by atoms with van der Waals surface area (Å²) in [6.07, 6.45) is -1.92. The van der Waals surface area contributed by atoms with Gasteiger partial charge in [-0.05, 0) is 25.7 Å². The molecule has 0 heterocycles. The maximum atomic E-state index is 13.1. The van der Waals surface area contributed by atoms with E-state index in [0.717, 1.165) is 0 Å². The molecule has 0 aliphatic heterocycles. The lowest BCUT2D eigenvalue weighted by atomic mass is 9.60. The number of alkyl halides is 4. The lowest BCUT2D eigenvalue weighted by molar-refractivity contribution is -0.395. The van der Waals surface area contributed by atoms with Gasteiger partial charge in [0.15, 0.2) is 0 Å². The van der Waals surface area contributed by atoms with Crippen LogP contribution in [0.5, 0.6) is 0 Å². The predicted octanol–water partition coefficient (Wildman–Crippen LogP) is 1.31. The number of hydrogen-bond donors (Lipinski definition) is 2. The smallest absolute Gasteiger partial charge is 0.341 e. The van der Waals surface area contributed by atoms with Gasteiger partial charge >= 0.3 is 11.8 Å². The van der Waals surface area contributed by atoms with Crippen molar-refractivity contribution >= 4 is 0 Å². The van der Waals surface area contributed by atoms with Gasteiger partial charge in [0.1, 0.15) is 11.2 Å². The monoisotopic (exact) mass is 214 g/mol. The molecule has 2 N–H and O–H groups in total. The van der Waals surface area contributed by atoms with Crippen molar-refractivity contribution < 1.29 is 27.8 Å². The molecule has 3 aliphatic carbocycles.